The van der Waals surface area contributed by atoms with Crippen molar-refractivity contribution in [1.29, 1.82) is 0 Å². The van der Waals surface area contributed by atoms with Crippen molar-refractivity contribution in [3.8, 4) is 5.75 Å². The van der Waals surface area contributed by atoms with Gasteiger partial charge in [0.15, 0.2) is 0 Å². The first-order chi connectivity index (χ1) is 12.7. The van der Waals surface area contributed by atoms with E-state index in [4.69, 9.17) is 9.47 Å². The average Bonchev–Trinajstić information content (AvgIpc) is 3.19. The lowest BCUT2D eigenvalue weighted by Gasteiger charge is -2.12. The first kappa shape index (κ1) is 18.7. The van der Waals surface area contributed by atoms with E-state index < -0.39 is 0 Å². The van der Waals surface area contributed by atoms with E-state index in [0.717, 1.165) is 30.1 Å². The normalized spacial score (nSPS) is 16.4. The van der Waals surface area contributed by atoms with Gasteiger partial charge in [-0.05, 0) is 49.2 Å². The molecule has 3 rings (SSSR count). The standard InChI is InChI=1S/C20H22FNO3S/c21-15-7-9-16(10-8-15)25-13-11-22-20(23)18-5-1-2-6-19(18)26-14-17-4-3-12-24-17/h1-2,5-10,17H,3-4,11-14H2,(H,22,23). The molecule has 1 fully saturated rings. The fourth-order valence-corrected chi connectivity index (χ4v) is 3.82. The number of halogens is 1. The molecule has 1 atom stereocenters. The molecule has 4 nitrogen and oxygen atoms in total. The summed E-state index contributed by atoms with van der Waals surface area (Å²) in [5.74, 6) is 1.01. The Hall–Kier alpha value is -2.05. The molecule has 1 heterocycles. The lowest BCUT2D eigenvalue weighted by atomic mass is 10.2. The second-order valence-corrected chi connectivity index (χ2v) is 7.06. The van der Waals surface area contributed by atoms with Crippen LogP contribution in [0.3, 0.4) is 0 Å². The number of rotatable bonds is 8. The fourth-order valence-electron chi connectivity index (χ4n) is 2.70. The highest BCUT2D eigenvalue weighted by molar-refractivity contribution is 7.99. The minimum atomic E-state index is -0.303. The zero-order chi connectivity index (χ0) is 18.2. The van der Waals surface area contributed by atoms with Crippen molar-refractivity contribution in [2.24, 2.45) is 0 Å². The Morgan fingerprint density at radius 2 is 2.04 bits per heavy atom. The van der Waals surface area contributed by atoms with Gasteiger partial charge >= 0.3 is 0 Å². The number of benzene rings is 2. The molecule has 0 saturated carbocycles. The van der Waals surface area contributed by atoms with Crippen LogP contribution < -0.4 is 10.1 Å². The second kappa shape index (κ2) is 9.59. The van der Waals surface area contributed by atoms with Crippen LogP contribution >= 0.6 is 11.8 Å². The molecule has 2 aromatic carbocycles. The van der Waals surface area contributed by atoms with Gasteiger partial charge in [0.25, 0.3) is 5.91 Å². The third-order valence-corrected chi connectivity index (χ3v) is 5.26. The molecule has 1 amide bonds. The summed E-state index contributed by atoms with van der Waals surface area (Å²) in [7, 11) is 0. The van der Waals surface area contributed by atoms with Gasteiger partial charge in [-0.25, -0.2) is 4.39 Å². The molecule has 1 aliphatic rings. The Morgan fingerprint density at radius 3 is 2.81 bits per heavy atom. The molecule has 2 aromatic rings. The number of hydrogen-bond acceptors (Lipinski definition) is 4. The van der Waals surface area contributed by atoms with Crippen LogP contribution in [0.15, 0.2) is 53.4 Å². The maximum Gasteiger partial charge on any atom is 0.252 e. The summed E-state index contributed by atoms with van der Waals surface area (Å²) in [6.45, 7) is 1.53. The number of ether oxygens (including phenoxy) is 2. The van der Waals surface area contributed by atoms with Gasteiger partial charge in [0.05, 0.1) is 18.2 Å². The maximum atomic E-state index is 12.8. The van der Waals surface area contributed by atoms with Crippen molar-refractivity contribution in [3.63, 3.8) is 0 Å². The molecule has 1 saturated heterocycles. The molecule has 0 aromatic heterocycles. The van der Waals surface area contributed by atoms with Crippen LogP contribution in [0.25, 0.3) is 0 Å². The third-order valence-electron chi connectivity index (χ3n) is 4.05. The highest BCUT2D eigenvalue weighted by Crippen LogP contribution is 2.26. The van der Waals surface area contributed by atoms with Crippen LogP contribution in [0.1, 0.15) is 23.2 Å². The SMILES string of the molecule is O=C(NCCOc1ccc(F)cc1)c1ccccc1SCC1CCCO1. The molecular weight excluding hydrogens is 353 g/mol. The summed E-state index contributed by atoms with van der Waals surface area (Å²) in [5, 5.41) is 2.87. The van der Waals surface area contributed by atoms with Crippen molar-refractivity contribution in [3.05, 3.63) is 59.9 Å². The van der Waals surface area contributed by atoms with Crippen molar-refractivity contribution >= 4 is 17.7 Å². The third kappa shape index (κ3) is 5.47. The van der Waals surface area contributed by atoms with Crippen LogP contribution in [0.4, 0.5) is 4.39 Å². The molecule has 1 N–H and O–H groups in total. The average molecular weight is 375 g/mol. The maximum absolute atomic E-state index is 12.8. The van der Waals surface area contributed by atoms with Crippen LogP contribution in [0, 0.1) is 5.82 Å². The highest BCUT2D eigenvalue weighted by Gasteiger charge is 2.17. The van der Waals surface area contributed by atoms with E-state index in [2.05, 4.69) is 5.32 Å². The number of carbonyl (C=O) groups is 1. The summed E-state index contributed by atoms with van der Waals surface area (Å²) in [6, 6.07) is 13.4. The molecule has 6 heteroatoms. The molecule has 0 spiro atoms. The predicted molar refractivity (Wildman–Crippen MR) is 100 cm³/mol. The van der Waals surface area contributed by atoms with Crippen LogP contribution in [0.5, 0.6) is 5.75 Å². The lowest BCUT2D eigenvalue weighted by Crippen LogP contribution is -2.28. The van der Waals surface area contributed by atoms with Crippen LogP contribution in [0.2, 0.25) is 0 Å². The first-order valence-corrected chi connectivity index (χ1v) is 9.71. The smallest absolute Gasteiger partial charge is 0.252 e. The van der Waals surface area contributed by atoms with E-state index in [1.807, 2.05) is 24.3 Å². The van der Waals surface area contributed by atoms with Gasteiger partial charge in [0.1, 0.15) is 18.2 Å². The molecule has 0 bridgehead atoms. The van der Waals surface area contributed by atoms with Crippen molar-refractivity contribution < 1.29 is 18.7 Å². The monoisotopic (exact) mass is 375 g/mol. The predicted octanol–water partition coefficient (Wildman–Crippen LogP) is 3.91. The van der Waals surface area contributed by atoms with E-state index in [1.54, 1.807) is 23.9 Å². The van der Waals surface area contributed by atoms with E-state index in [1.165, 1.54) is 12.1 Å². The fraction of sp³-hybridized carbons (Fsp3) is 0.350. The molecule has 1 aliphatic heterocycles. The van der Waals surface area contributed by atoms with Gasteiger partial charge < -0.3 is 14.8 Å². The number of amides is 1. The summed E-state index contributed by atoms with van der Waals surface area (Å²) in [5.41, 5.74) is 0.664. The van der Waals surface area contributed by atoms with E-state index in [0.29, 0.717) is 24.5 Å². The van der Waals surface area contributed by atoms with Crippen molar-refractivity contribution in [1.82, 2.24) is 5.32 Å². The van der Waals surface area contributed by atoms with E-state index in [9.17, 15) is 9.18 Å². The zero-order valence-corrected chi connectivity index (χ0v) is 15.3. The van der Waals surface area contributed by atoms with Crippen LogP contribution in [-0.4, -0.2) is 37.5 Å². The lowest BCUT2D eigenvalue weighted by molar-refractivity contribution is 0.0944. The second-order valence-electron chi connectivity index (χ2n) is 6.00. The van der Waals surface area contributed by atoms with Gasteiger partial charge in [0, 0.05) is 17.3 Å². The molecule has 0 aliphatic carbocycles. The number of hydrogen-bond donors (Lipinski definition) is 1. The van der Waals surface area contributed by atoms with Crippen molar-refractivity contribution in [2.75, 3.05) is 25.5 Å². The Labute approximate surface area is 157 Å². The number of carbonyl (C=O) groups excluding carboxylic acids is 1. The van der Waals surface area contributed by atoms with Gasteiger partial charge in [-0.2, -0.15) is 0 Å². The topological polar surface area (TPSA) is 47.6 Å². The Bertz CT molecular complexity index is 717. The van der Waals surface area contributed by atoms with E-state index >= 15 is 0 Å². The van der Waals surface area contributed by atoms with Gasteiger partial charge in [-0.1, -0.05) is 12.1 Å². The van der Waals surface area contributed by atoms with Gasteiger partial charge in [0.2, 0.25) is 0 Å². The minimum absolute atomic E-state index is 0.122. The molecule has 26 heavy (non-hydrogen) atoms. The summed E-state index contributed by atoms with van der Waals surface area (Å²) >= 11 is 1.66. The minimum Gasteiger partial charge on any atom is -0.492 e. The quantitative estimate of drug-likeness (QED) is 0.561. The highest BCUT2D eigenvalue weighted by atomic mass is 32.2. The summed E-state index contributed by atoms with van der Waals surface area (Å²) in [4.78, 5) is 13.4. The largest absolute Gasteiger partial charge is 0.492 e. The number of nitrogens with one attached hydrogen (secondary N) is 1. The molecular formula is C20H22FNO3S. The van der Waals surface area contributed by atoms with Crippen molar-refractivity contribution in [2.45, 2.75) is 23.8 Å². The first-order valence-electron chi connectivity index (χ1n) is 8.72. The number of thioether (sulfide) groups is 1. The Morgan fingerprint density at radius 1 is 1.23 bits per heavy atom. The van der Waals surface area contributed by atoms with Gasteiger partial charge in [-0.3, -0.25) is 4.79 Å². The molecule has 0 radical (unpaired) electrons. The Balaban J connectivity index is 1.46. The summed E-state index contributed by atoms with van der Waals surface area (Å²) < 4.78 is 24.0. The molecule has 1 unspecified atom stereocenters. The van der Waals surface area contributed by atoms with Crippen LogP contribution in [-0.2, 0) is 4.74 Å². The molecule has 138 valence electrons. The van der Waals surface area contributed by atoms with E-state index in [-0.39, 0.29) is 17.8 Å². The van der Waals surface area contributed by atoms with Gasteiger partial charge in [-0.15, -0.1) is 11.8 Å². The Kier molecular flexibility index (Phi) is 6.91. The zero-order valence-electron chi connectivity index (χ0n) is 14.4. The summed E-state index contributed by atoms with van der Waals surface area (Å²) in [6.07, 6.45) is 2.48.